The molecule has 0 radical (unpaired) electrons. The summed E-state index contributed by atoms with van der Waals surface area (Å²) in [5, 5.41) is 1.30. The van der Waals surface area contributed by atoms with Gasteiger partial charge in [-0.1, -0.05) is 11.6 Å². The molecular weight excluding hydrogens is 166 g/mol. The van der Waals surface area contributed by atoms with Crippen LogP contribution < -0.4 is 0 Å². The van der Waals surface area contributed by atoms with E-state index in [2.05, 4.69) is 42.7 Å². The van der Waals surface area contributed by atoms with Crippen LogP contribution in [0.25, 0.3) is 10.9 Å². The molecule has 0 aliphatic rings. The Morgan fingerprint density at radius 1 is 1.42 bits per heavy atom. The lowest BCUT2D eigenvalue weighted by Gasteiger charge is -1.94. The van der Waals surface area contributed by atoms with Crippen molar-refractivity contribution < 1.29 is 0 Å². The highest BCUT2D eigenvalue weighted by molar-refractivity contribution is 7.79. The molecule has 0 spiro atoms. The molecule has 0 aliphatic carbocycles. The van der Waals surface area contributed by atoms with E-state index in [4.69, 9.17) is 0 Å². The third-order valence-corrected chi connectivity index (χ3v) is 2.43. The van der Waals surface area contributed by atoms with Crippen molar-refractivity contribution in [3.05, 3.63) is 35.5 Å². The molecule has 62 valence electrons. The maximum atomic E-state index is 4.27. The van der Waals surface area contributed by atoms with Gasteiger partial charge in [0.15, 0.2) is 0 Å². The van der Waals surface area contributed by atoms with E-state index in [1.54, 1.807) is 0 Å². The summed E-state index contributed by atoms with van der Waals surface area (Å²) in [4.78, 5) is 3.22. The molecule has 1 aromatic carbocycles. The van der Waals surface area contributed by atoms with Crippen molar-refractivity contribution >= 4 is 23.5 Å². The first-order chi connectivity index (χ1) is 5.81. The molecule has 0 fully saturated rings. The van der Waals surface area contributed by atoms with E-state index in [1.807, 2.05) is 6.20 Å². The van der Waals surface area contributed by atoms with Gasteiger partial charge in [0, 0.05) is 22.9 Å². The number of rotatable bonds is 1. The van der Waals surface area contributed by atoms with Crippen LogP contribution in [0.5, 0.6) is 0 Å². The molecule has 0 saturated heterocycles. The van der Waals surface area contributed by atoms with E-state index in [1.165, 1.54) is 22.0 Å². The van der Waals surface area contributed by atoms with E-state index < -0.39 is 0 Å². The molecule has 1 N–H and O–H groups in total. The fraction of sp³-hybridized carbons (Fsp3) is 0.200. The fourth-order valence-electron chi connectivity index (χ4n) is 1.42. The first-order valence-corrected chi connectivity index (χ1v) is 4.62. The topological polar surface area (TPSA) is 15.8 Å². The second kappa shape index (κ2) is 2.87. The maximum Gasteiger partial charge on any atom is 0.0457 e. The zero-order chi connectivity index (χ0) is 8.55. The predicted octanol–water partition coefficient (Wildman–Crippen LogP) is 2.91. The van der Waals surface area contributed by atoms with Crippen molar-refractivity contribution in [1.82, 2.24) is 4.98 Å². The van der Waals surface area contributed by atoms with E-state index in [-0.39, 0.29) is 0 Å². The number of hydrogen-bond acceptors (Lipinski definition) is 1. The van der Waals surface area contributed by atoms with Crippen LogP contribution in [0.15, 0.2) is 24.4 Å². The molecule has 1 heterocycles. The minimum Gasteiger partial charge on any atom is -0.361 e. The average Bonchev–Trinajstić information content (AvgIpc) is 2.46. The third kappa shape index (κ3) is 1.12. The average molecular weight is 177 g/mol. The minimum atomic E-state index is 0.795. The first kappa shape index (κ1) is 7.74. The van der Waals surface area contributed by atoms with Crippen LogP contribution in [0.1, 0.15) is 11.1 Å². The van der Waals surface area contributed by atoms with E-state index in [0.717, 1.165) is 5.75 Å². The Kier molecular flexibility index (Phi) is 1.85. The second-order valence-corrected chi connectivity index (χ2v) is 3.34. The number of aromatic nitrogens is 1. The van der Waals surface area contributed by atoms with E-state index >= 15 is 0 Å². The van der Waals surface area contributed by atoms with Crippen molar-refractivity contribution in [2.24, 2.45) is 0 Å². The Hall–Kier alpha value is -0.890. The Balaban J connectivity index is 2.75. The molecule has 2 rings (SSSR count). The predicted molar refractivity (Wildman–Crippen MR) is 55.7 cm³/mol. The summed E-state index contributed by atoms with van der Waals surface area (Å²) in [7, 11) is 0. The van der Waals surface area contributed by atoms with Crippen molar-refractivity contribution in [1.29, 1.82) is 0 Å². The summed E-state index contributed by atoms with van der Waals surface area (Å²) in [6, 6.07) is 6.41. The van der Waals surface area contributed by atoms with Crippen LogP contribution in [0, 0.1) is 6.92 Å². The molecule has 1 aromatic heterocycles. The highest BCUT2D eigenvalue weighted by atomic mass is 32.1. The molecule has 0 atom stereocenters. The molecular formula is C10H11NS. The summed E-state index contributed by atoms with van der Waals surface area (Å²) in [6.07, 6.45) is 2.02. The summed E-state index contributed by atoms with van der Waals surface area (Å²) < 4.78 is 0. The van der Waals surface area contributed by atoms with Crippen molar-refractivity contribution in [2.75, 3.05) is 0 Å². The van der Waals surface area contributed by atoms with Crippen molar-refractivity contribution in [3.63, 3.8) is 0 Å². The number of fused-ring (bicyclic) bond motifs is 1. The lowest BCUT2D eigenvalue weighted by molar-refractivity contribution is 1.41. The van der Waals surface area contributed by atoms with Gasteiger partial charge in [-0.3, -0.25) is 0 Å². The van der Waals surface area contributed by atoms with Crippen LogP contribution in [-0.4, -0.2) is 4.98 Å². The smallest absolute Gasteiger partial charge is 0.0457 e. The van der Waals surface area contributed by atoms with Gasteiger partial charge in [-0.2, -0.15) is 12.6 Å². The summed E-state index contributed by atoms with van der Waals surface area (Å²) in [6.45, 7) is 2.11. The molecule has 0 amide bonds. The van der Waals surface area contributed by atoms with Crippen LogP contribution in [0.4, 0.5) is 0 Å². The number of H-pyrrole nitrogens is 1. The van der Waals surface area contributed by atoms with Gasteiger partial charge in [0.25, 0.3) is 0 Å². The van der Waals surface area contributed by atoms with Crippen LogP contribution in [0.2, 0.25) is 0 Å². The zero-order valence-electron chi connectivity index (χ0n) is 6.96. The van der Waals surface area contributed by atoms with Gasteiger partial charge in [-0.15, -0.1) is 0 Å². The Labute approximate surface area is 77.2 Å². The summed E-state index contributed by atoms with van der Waals surface area (Å²) >= 11 is 4.27. The van der Waals surface area contributed by atoms with Crippen LogP contribution in [-0.2, 0) is 5.75 Å². The van der Waals surface area contributed by atoms with Gasteiger partial charge in [0.05, 0.1) is 0 Å². The molecule has 0 unspecified atom stereocenters. The van der Waals surface area contributed by atoms with Gasteiger partial charge < -0.3 is 4.98 Å². The molecule has 12 heavy (non-hydrogen) atoms. The van der Waals surface area contributed by atoms with Gasteiger partial charge in [0.2, 0.25) is 0 Å². The fourth-order valence-corrected chi connectivity index (χ4v) is 1.68. The maximum absolute atomic E-state index is 4.27. The Bertz CT molecular complexity index is 403. The van der Waals surface area contributed by atoms with Crippen molar-refractivity contribution in [3.8, 4) is 0 Å². The number of hydrogen-bond donors (Lipinski definition) is 2. The SMILES string of the molecule is Cc1ccc2[nH]cc(CS)c2c1. The van der Waals surface area contributed by atoms with Gasteiger partial charge in [-0.25, -0.2) is 0 Å². The summed E-state index contributed by atoms with van der Waals surface area (Å²) in [5.74, 6) is 0.795. The number of aromatic amines is 1. The molecule has 1 nitrogen and oxygen atoms in total. The molecule has 0 bridgehead atoms. The Morgan fingerprint density at radius 3 is 3.00 bits per heavy atom. The normalized spacial score (nSPS) is 10.8. The van der Waals surface area contributed by atoms with Gasteiger partial charge >= 0.3 is 0 Å². The third-order valence-electron chi connectivity index (χ3n) is 2.09. The highest BCUT2D eigenvalue weighted by Gasteiger charge is 2.00. The molecule has 2 heteroatoms. The number of nitrogens with one attached hydrogen (secondary N) is 1. The lowest BCUT2D eigenvalue weighted by atomic mass is 10.1. The van der Waals surface area contributed by atoms with Crippen LogP contribution in [0.3, 0.4) is 0 Å². The molecule has 0 saturated carbocycles. The van der Waals surface area contributed by atoms with Gasteiger partial charge in [0.1, 0.15) is 0 Å². The number of thiol groups is 1. The van der Waals surface area contributed by atoms with E-state index in [0.29, 0.717) is 0 Å². The second-order valence-electron chi connectivity index (χ2n) is 3.02. The number of aryl methyl sites for hydroxylation is 1. The zero-order valence-corrected chi connectivity index (χ0v) is 7.86. The largest absolute Gasteiger partial charge is 0.361 e. The Morgan fingerprint density at radius 2 is 2.25 bits per heavy atom. The van der Waals surface area contributed by atoms with Gasteiger partial charge in [-0.05, 0) is 24.6 Å². The monoisotopic (exact) mass is 177 g/mol. The minimum absolute atomic E-state index is 0.795. The number of benzene rings is 1. The van der Waals surface area contributed by atoms with Crippen molar-refractivity contribution in [2.45, 2.75) is 12.7 Å². The highest BCUT2D eigenvalue weighted by Crippen LogP contribution is 2.20. The molecule has 0 aliphatic heterocycles. The van der Waals surface area contributed by atoms with E-state index in [9.17, 15) is 0 Å². The quantitative estimate of drug-likeness (QED) is 0.623. The lowest BCUT2D eigenvalue weighted by Crippen LogP contribution is -1.75. The van der Waals surface area contributed by atoms with Crippen LogP contribution >= 0.6 is 12.6 Å². The molecule has 2 aromatic rings. The summed E-state index contributed by atoms with van der Waals surface area (Å²) in [5.41, 5.74) is 3.77. The first-order valence-electron chi connectivity index (χ1n) is 3.99. The standard InChI is InChI=1S/C10H11NS/c1-7-2-3-10-9(4-7)8(6-12)5-11-10/h2-5,11-12H,6H2,1H3.